The first-order chi connectivity index (χ1) is 10.5. The standard InChI is InChI=1S/C14H26O8S2/c1-13(2,3)23(17,18)21-11(15)9-7-8-10-12(16)22-24(19,20)14(4,5)6/h7-10H2,1-6H3. The van der Waals surface area contributed by atoms with Gasteiger partial charge in [0.15, 0.2) is 0 Å². The van der Waals surface area contributed by atoms with Gasteiger partial charge in [0, 0.05) is 12.8 Å². The van der Waals surface area contributed by atoms with Gasteiger partial charge in [0.2, 0.25) is 0 Å². The van der Waals surface area contributed by atoms with Crippen molar-refractivity contribution >= 4 is 32.2 Å². The molecule has 0 atom stereocenters. The van der Waals surface area contributed by atoms with E-state index < -0.39 is 41.7 Å². The number of carbonyl (C=O) groups excluding carboxylic acids is 2. The third-order valence-corrected chi connectivity index (χ3v) is 6.73. The van der Waals surface area contributed by atoms with Crippen LogP contribution >= 0.6 is 0 Å². The smallest absolute Gasteiger partial charge is 0.322 e. The van der Waals surface area contributed by atoms with Gasteiger partial charge >= 0.3 is 32.2 Å². The van der Waals surface area contributed by atoms with Crippen LogP contribution in [0, 0.1) is 0 Å². The van der Waals surface area contributed by atoms with Crippen LogP contribution in [0.3, 0.4) is 0 Å². The molecule has 0 aliphatic rings. The third-order valence-electron chi connectivity index (χ3n) is 2.92. The molecule has 0 N–H and O–H groups in total. The maximum Gasteiger partial charge on any atom is 0.322 e. The number of hydrogen-bond donors (Lipinski definition) is 0. The first kappa shape index (κ1) is 22.8. The van der Waals surface area contributed by atoms with Gasteiger partial charge in [-0.1, -0.05) is 0 Å². The van der Waals surface area contributed by atoms with Crippen LogP contribution in [0.15, 0.2) is 0 Å². The van der Waals surface area contributed by atoms with Crippen LogP contribution < -0.4 is 0 Å². The summed E-state index contributed by atoms with van der Waals surface area (Å²) < 4.78 is 53.2. The number of carbonyl (C=O) groups is 2. The zero-order valence-corrected chi connectivity index (χ0v) is 16.5. The fourth-order valence-corrected chi connectivity index (χ4v) is 2.27. The molecule has 0 aromatic rings. The first-order valence-corrected chi connectivity index (χ1v) is 10.2. The normalized spacial score (nSPS) is 13.4. The van der Waals surface area contributed by atoms with Crippen molar-refractivity contribution in [2.24, 2.45) is 0 Å². The Bertz CT molecular complexity index is 601. The van der Waals surface area contributed by atoms with Crippen LogP contribution in [0.5, 0.6) is 0 Å². The van der Waals surface area contributed by atoms with Crippen molar-refractivity contribution in [2.75, 3.05) is 0 Å². The zero-order chi connectivity index (χ0) is 19.4. The van der Waals surface area contributed by atoms with Crippen LogP contribution in [0.4, 0.5) is 0 Å². The monoisotopic (exact) mass is 386 g/mol. The fraction of sp³-hybridized carbons (Fsp3) is 0.857. The van der Waals surface area contributed by atoms with E-state index in [1.807, 2.05) is 0 Å². The van der Waals surface area contributed by atoms with Gasteiger partial charge in [0.1, 0.15) is 0 Å². The lowest BCUT2D eigenvalue weighted by Gasteiger charge is -2.18. The first-order valence-electron chi connectivity index (χ1n) is 7.43. The van der Waals surface area contributed by atoms with E-state index in [-0.39, 0.29) is 25.7 Å². The Morgan fingerprint density at radius 2 is 0.917 bits per heavy atom. The van der Waals surface area contributed by atoms with Crippen molar-refractivity contribution in [1.29, 1.82) is 0 Å². The number of hydrogen-bond acceptors (Lipinski definition) is 8. The average molecular weight is 386 g/mol. The fourth-order valence-electron chi connectivity index (χ4n) is 1.12. The predicted octanol–water partition coefficient (Wildman–Crippen LogP) is 1.89. The molecule has 0 aromatic carbocycles. The molecule has 0 heterocycles. The Labute approximate surface area is 144 Å². The quantitative estimate of drug-likeness (QED) is 0.480. The van der Waals surface area contributed by atoms with E-state index in [0.717, 1.165) is 0 Å². The topological polar surface area (TPSA) is 121 Å². The second-order valence-electron chi connectivity index (χ2n) is 7.25. The molecule has 0 aliphatic carbocycles. The molecule has 24 heavy (non-hydrogen) atoms. The van der Waals surface area contributed by atoms with Crippen LogP contribution in [-0.4, -0.2) is 38.3 Å². The minimum atomic E-state index is -4.01. The SMILES string of the molecule is CC(C)(C)S(=O)(=O)OC(=O)CCCCC(=O)OS(=O)(=O)C(C)(C)C. The molecule has 0 saturated carbocycles. The number of rotatable bonds is 7. The Kier molecular flexibility index (Phi) is 7.44. The third kappa shape index (κ3) is 7.16. The molecular formula is C14H26O8S2. The van der Waals surface area contributed by atoms with Crippen molar-refractivity contribution in [3.8, 4) is 0 Å². The molecule has 0 spiro atoms. The maximum absolute atomic E-state index is 11.7. The molecule has 8 nitrogen and oxygen atoms in total. The summed E-state index contributed by atoms with van der Waals surface area (Å²) in [5.41, 5.74) is 0. The molecule has 0 saturated heterocycles. The van der Waals surface area contributed by atoms with Gasteiger partial charge in [-0.25, -0.2) is 0 Å². The summed E-state index contributed by atoms with van der Waals surface area (Å²) in [4.78, 5) is 23.0. The van der Waals surface area contributed by atoms with E-state index in [0.29, 0.717) is 0 Å². The largest absolute Gasteiger partial charge is 0.345 e. The van der Waals surface area contributed by atoms with Crippen LogP contribution in [0.1, 0.15) is 67.2 Å². The average Bonchev–Trinajstić information content (AvgIpc) is 2.30. The van der Waals surface area contributed by atoms with E-state index >= 15 is 0 Å². The Morgan fingerprint density at radius 3 is 1.12 bits per heavy atom. The van der Waals surface area contributed by atoms with Crippen LogP contribution in [-0.2, 0) is 38.2 Å². The van der Waals surface area contributed by atoms with Crippen molar-refractivity contribution in [1.82, 2.24) is 0 Å². The summed E-state index contributed by atoms with van der Waals surface area (Å²) in [5, 5.41) is 0. The molecule has 0 radical (unpaired) electrons. The highest BCUT2D eigenvalue weighted by Crippen LogP contribution is 2.19. The summed E-state index contributed by atoms with van der Waals surface area (Å²) in [5.74, 6) is -1.83. The molecule has 142 valence electrons. The Hall–Kier alpha value is -1.16. The highest BCUT2D eigenvalue weighted by Gasteiger charge is 2.34. The van der Waals surface area contributed by atoms with Gasteiger partial charge < -0.3 is 8.37 Å². The Morgan fingerprint density at radius 1 is 0.667 bits per heavy atom. The molecule has 0 aliphatic heterocycles. The second-order valence-corrected chi connectivity index (χ2v) is 11.9. The van der Waals surface area contributed by atoms with Gasteiger partial charge in [-0.2, -0.15) is 16.8 Å². The number of unbranched alkanes of at least 4 members (excludes halogenated alkanes) is 1. The molecule has 0 rings (SSSR count). The highest BCUT2D eigenvalue weighted by atomic mass is 32.2. The van der Waals surface area contributed by atoms with E-state index in [9.17, 15) is 26.4 Å². The lowest BCUT2D eigenvalue weighted by atomic mass is 10.2. The van der Waals surface area contributed by atoms with E-state index in [1.54, 1.807) is 0 Å². The van der Waals surface area contributed by atoms with Crippen molar-refractivity contribution in [3.05, 3.63) is 0 Å². The van der Waals surface area contributed by atoms with Crippen LogP contribution in [0.25, 0.3) is 0 Å². The van der Waals surface area contributed by atoms with E-state index in [2.05, 4.69) is 8.37 Å². The molecule has 0 fully saturated rings. The van der Waals surface area contributed by atoms with Gasteiger partial charge in [0.25, 0.3) is 0 Å². The van der Waals surface area contributed by atoms with Gasteiger partial charge in [-0.05, 0) is 54.4 Å². The molecule has 0 amide bonds. The van der Waals surface area contributed by atoms with Crippen LogP contribution in [0.2, 0.25) is 0 Å². The molecular weight excluding hydrogens is 360 g/mol. The maximum atomic E-state index is 11.7. The summed E-state index contributed by atoms with van der Waals surface area (Å²) in [6.45, 7) is 8.42. The lowest BCUT2D eigenvalue weighted by molar-refractivity contribution is -0.136. The van der Waals surface area contributed by atoms with E-state index in [4.69, 9.17) is 0 Å². The summed E-state index contributed by atoms with van der Waals surface area (Å²) >= 11 is 0. The highest BCUT2D eigenvalue weighted by molar-refractivity contribution is 7.88. The lowest BCUT2D eigenvalue weighted by Crippen LogP contribution is -2.32. The summed E-state index contributed by atoms with van der Waals surface area (Å²) in [7, 11) is -8.02. The predicted molar refractivity (Wildman–Crippen MR) is 88.0 cm³/mol. The second kappa shape index (κ2) is 7.81. The van der Waals surface area contributed by atoms with Gasteiger partial charge in [-0.15, -0.1) is 0 Å². The van der Waals surface area contributed by atoms with Crippen molar-refractivity contribution < 1.29 is 34.8 Å². The molecule has 0 bridgehead atoms. The zero-order valence-electron chi connectivity index (χ0n) is 14.9. The summed E-state index contributed by atoms with van der Waals surface area (Å²) in [6, 6.07) is 0. The molecule has 10 heteroatoms. The van der Waals surface area contributed by atoms with E-state index in [1.165, 1.54) is 41.5 Å². The van der Waals surface area contributed by atoms with Gasteiger partial charge in [0.05, 0.1) is 9.49 Å². The Balaban J connectivity index is 4.29. The van der Waals surface area contributed by atoms with Crippen molar-refractivity contribution in [2.45, 2.75) is 76.7 Å². The van der Waals surface area contributed by atoms with Crippen molar-refractivity contribution in [3.63, 3.8) is 0 Å². The molecule has 0 aromatic heterocycles. The van der Waals surface area contributed by atoms with Gasteiger partial charge in [-0.3, -0.25) is 9.59 Å². The minimum Gasteiger partial charge on any atom is -0.345 e. The molecule has 0 unspecified atom stereocenters. The summed E-state index contributed by atoms with van der Waals surface area (Å²) in [6.07, 6.45) is -0.0600. The minimum absolute atomic E-state index is 0.170.